The van der Waals surface area contributed by atoms with Gasteiger partial charge in [-0.05, 0) is 75.8 Å². The highest BCUT2D eigenvalue weighted by Crippen LogP contribution is 2.40. The monoisotopic (exact) mass is 1690 g/mol. The van der Waals surface area contributed by atoms with Crippen molar-refractivity contribution in [2.75, 3.05) is 46.2 Å². The maximum absolute atomic E-state index is 15.7. The molecule has 33 heteroatoms. The SMILES string of the molecule is C.C.C.C[Si](C)(C)CCOCn1c(O[C@@H]2CO[C@H]3[C@@H]2OC[C@H]3OC(N)=O)cc2nc(-c3ccc(-c4ccc(C(N)=O)cc4)cc3)c(F)cc21.NC(=O)O[C@@H]1CO[C@H]2[C@@H]1OC[C@H]2Oc1cc2nc(-c3ccc(-c4ccc(C(N)=O)cc4)cc3)c(F)cc2[nH]1.NC(=O)c1ccc(-c2ccc(-c3nc4cc(O[C@@H]5CO[C@H]6[C@@H]5OC[C@H]6O)[nH]c4cc3F)cc2)cc1. The van der Waals surface area contributed by atoms with E-state index in [0.29, 0.717) is 97.3 Å². The topological polar surface area (TPSA) is 422 Å². The van der Waals surface area contributed by atoms with Crippen LogP contribution in [0.25, 0.3) is 100 Å². The van der Waals surface area contributed by atoms with E-state index in [2.05, 4.69) is 39.6 Å². The Morgan fingerprint density at radius 2 is 0.730 bits per heavy atom. The number of benzene rings is 6. The van der Waals surface area contributed by atoms with Gasteiger partial charge in [-0.2, -0.15) is 0 Å². The van der Waals surface area contributed by atoms with Gasteiger partial charge in [0.15, 0.2) is 65.6 Å². The number of nitrogens with one attached hydrogen (secondary N) is 2. The normalized spacial score (nSPS) is 21.6. The second-order valence-electron chi connectivity index (χ2n) is 30.6. The van der Waals surface area contributed by atoms with Crippen molar-refractivity contribution < 1.29 is 99.1 Å². The number of hydrogen-bond acceptors (Lipinski definition) is 21. The van der Waals surface area contributed by atoms with Gasteiger partial charge in [0.25, 0.3) is 0 Å². The number of nitrogens with two attached hydrogens (primary N) is 5. The van der Waals surface area contributed by atoms with Gasteiger partial charge in [0.1, 0.15) is 66.5 Å². The summed E-state index contributed by atoms with van der Waals surface area (Å²) in [5.41, 5.74) is 38.6. The fourth-order valence-electron chi connectivity index (χ4n) is 15.2. The molecule has 6 aromatic carbocycles. The number of aromatic nitrogens is 6. The molecule has 122 heavy (non-hydrogen) atoms. The molecule has 0 radical (unpaired) electrons. The summed E-state index contributed by atoms with van der Waals surface area (Å²) >= 11 is 0. The van der Waals surface area contributed by atoms with Crippen LogP contribution in [0, 0.1) is 17.5 Å². The van der Waals surface area contributed by atoms with Gasteiger partial charge < -0.3 is 101 Å². The zero-order chi connectivity index (χ0) is 83.1. The summed E-state index contributed by atoms with van der Waals surface area (Å²) in [6.45, 7) is 8.79. The van der Waals surface area contributed by atoms with Crippen molar-refractivity contribution >= 4 is 71.1 Å². The first kappa shape index (κ1) is 87.3. The van der Waals surface area contributed by atoms with Crippen LogP contribution in [0.3, 0.4) is 0 Å². The van der Waals surface area contributed by atoms with Crippen LogP contribution >= 0.6 is 0 Å². The van der Waals surface area contributed by atoms with Crippen molar-refractivity contribution in [3.63, 3.8) is 0 Å². The Bertz CT molecular complexity index is 5780. The van der Waals surface area contributed by atoms with Crippen molar-refractivity contribution in [2.24, 2.45) is 28.7 Å². The largest absolute Gasteiger partial charge is 0.470 e. The number of carbonyl (C=O) groups excluding carboxylic acids is 5. The van der Waals surface area contributed by atoms with E-state index in [4.69, 9.17) is 90.5 Å². The summed E-state index contributed by atoms with van der Waals surface area (Å²) in [6.07, 6.45) is -7.61. The molecule has 6 fully saturated rings. The molecule has 0 bridgehead atoms. The zero-order valence-electron chi connectivity index (χ0n) is 64.3. The van der Waals surface area contributed by atoms with Crippen LogP contribution in [-0.2, 0) is 49.4 Å². The number of carbonyl (C=O) groups is 5. The van der Waals surface area contributed by atoms with E-state index < -0.39 is 116 Å². The molecule has 13 N–H and O–H groups in total. The standard InChI is InChI=1S/C33H37FN4O7Si.C27H23FN4O6.C26H22FN3O5.3CH4/c1-46(2,3)13-12-41-18-38-25-14-23(34)29(21-8-4-19(5-9-21)20-6-10-22(11-7-20)32(35)39)37-24(25)15-28(38)44-26-16-42-31-27(45-33(36)40)17-43-30(26)31;28-17-9-18-19(10-22(31-18)37-20-11-35-25-21(38-27(30)34)12-36-24(20)25)32-23(17)15-5-1-13(2-6-15)14-3-7-16(8-4-14)26(29)33;27-17-9-18-19(10-22(29-18)35-21-12-34-24-20(31)11-33-25(21)24)30-23(17)15-5-1-13(2-6-15)14-3-7-16(8-4-14)26(28)32;;;/h4-11,14-15,26-27,30-31H,12-13,16-18H2,1-3H3,(H2,35,39)(H2,36,40);1-10,20-21,24-25,31H,11-12H2,(H2,29,33)(H2,30,34);1-10,20-21,24-25,29,31H,11-12H2,(H2,28,32);3*1H4/t26-,27-,30-,31-;2*20-,21-,24-,25-;;;/m111.../s1. The van der Waals surface area contributed by atoms with Crippen LogP contribution in [0.15, 0.2) is 182 Å². The Morgan fingerprint density at radius 1 is 0.418 bits per heavy atom. The van der Waals surface area contributed by atoms with E-state index in [9.17, 15) is 33.5 Å². The molecule has 6 aliphatic rings. The number of halogens is 3. The van der Waals surface area contributed by atoms with Gasteiger partial charge in [0.2, 0.25) is 17.7 Å². The van der Waals surface area contributed by atoms with Crippen LogP contribution < -0.4 is 42.9 Å². The number of ether oxygens (including phenoxy) is 12. The Kier molecular flexibility index (Phi) is 26.3. The Hall–Kier alpha value is -12.6. The van der Waals surface area contributed by atoms with E-state index >= 15 is 8.78 Å². The highest BCUT2D eigenvalue weighted by Gasteiger charge is 2.53. The van der Waals surface area contributed by atoms with Gasteiger partial charge >= 0.3 is 12.2 Å². The Balaban J connectivity index is 0.000000157. The van der Waals surface area contributed by atoms with Crippen molar-refractivity contribution in [1.82, 2.24) is 29.5 Å². The van der Waals surface area contributed by atoms with E-state index in [1.807, 2.05) is 60.7 Å². The van der Waals surface area contributed by atoms with Crippen LogP contribution in [-0.4, -0.2) is 192 Å². The average molecular weight is 1690 g/mol. The summed E-state index contributed by atoms with van der Waals surface area (Å²) in [5, 5.41) is 9.90. The lowest BCUT2D eigenvalue weighted by Crippen LogP contribution is -2.37. The lowest BCUT2D eigenvalue weighted by Gasteiger charge is -2.20. The number of pyridine rings is 3. The fourth-order valence-corrected chi connectivity index (χ4v) is 15.9. The highest BCUT2D eigenvalue weighted by molar-refractivity contribution is 6.76. The smallest absolute Gasteiger partial charge is 0.404 e. The molecular weight excluding hydrogens is 1600 g/mol. The molecule has 18 rings (SSSR count). The molecule has 12 aromatic rings. The third kappa shape index (κ3) is 18.9. The third-order valence-electron chi connectivity index (χ3n) is 21.3. The quantitative estimate of drug-likeness (QED) is 0.0231. The lowest BCUT2D eigenvalue weighted by atomic mass is 10.0. The number of hydrogen-bond donors (Lipinski definition) is 8. The number of H-pyrrole nitrogens is 2. The zero-order valence-corrected chi connectivity index (χ0v) is 65.3. The third-order valence-corrected chi connectivity index (χ3v) is 23.0. The van der Waals surface area contributed by atoms with E-state index in [1.54, 1.807) is 108 Å². The number of aliphatic hydroxyl groups excluding tert-OH is 1. The molecule has 5 amide bonds. The number of amides is 5. The van der Waals surface area contributed by atoms with Crippen LogP contribution in [0.2, 0.25) is 25.7 Å². The molecule has 0 spiro atoms. The molecule has 0 saturated carbocycles. The second kappa shape index (κ2) is 36.8. The molecule has 29 nitrogen and oxygen atoms in total. The van der Waals surface area contributed by atoms with E-state index in [1.165, 1.54) is 18.2 Å². The van der Waals surface area contributed by atoms with Crippen LogP contribution in [0.5, 0.6) is 17.6 Å². The minimum absolute atomic E-state index is 0. The molecule has 638 valence electrons. The maximum Gasteiger partial charge on any atom is 0.404 e. The summed E-state index contributed by atoms with van der Waals surface area (Å²) in [4.78, 5) is 76.2. The Morgan fingerprint density at radius 3 is 1.10 bits per heavy atom. The molecule has 0 unspecified atom stereocenters. The van der Waals surface area contributed by atoms with Crippen LogP contribution in [0.1, 0.15) is 53.4 Å². The summed E-state index contributed by atoms with van der Waals surface area (Å²) in [6, 6.07) is 53.2. The summed E-state index contributed by atoms with van der Waals surface area (Å²) < 4.78 is 116. The number of aromatic amines is 2. The first-order valence-corrected chi connectivity index (χ1v) is 42.0. The Labute approximate surface area is 700 Å². The van der Waals surface area contributed by atoms with Crippen molar-refractivity contribution in [3.8, 4) is 84.8 Å². The molecule has 6 aromatic heterocycles. The molecular formula is C89H94F3N11O18Si. The predicted molar refractivity (Wildman–Crippen MR) is 451 cm³/mol. The predicted octanol–water partition coefficient (Wildman–Crippen LogP) is 13.0. The number of rotatable bonds is 22. The van der Waals surface area contributed by atoms with E-state index in [0.717, 1.165) is 39.4 Å². The van der Waals surface area contributed by atoms with Gasteiger partial charge in [-0.1, -0.05) is 151 Å². The van der Waals surface area contributed by atoms with Gasteiger partial charge in [-0.15, -0.1) is 0 Å². The number of fused-ring (bicyclic) bond motifs is 6. The first-order chi connectivity index (χ1) is 57.3. The highest BCUT2D eigenvalue weighted by atomic mass is 28.3. The number of nitrogens with zero attached hydrogens (tertiary/aromatic N) is 4. The minimum atomic E-state index is -1.33. The molecule has 6 saturated heterocycles. The lowest BCUT2D eigenvalue weighted by molar-refractivity contribution is -0.00217. The molecule has 12 atom stereocenters. The minimum Gasteiger partial charge on any atom is -0.470 e. The molecule has 0 aliphatic carbocycles. The second-order valence-corrected chi connectivity index (χ2v) is 36.2. The van der Waals surface area contributed by atoms with Crippen molar-refractivity contribution in [3.05, 3.63) is 216 Å². The van der Waals surface area contributed by atoms with Gasteiger partial charge in [-0.25, -0.2) is 37.7 Å². The van der Waals surface area contributed by atoms with E-state index in [-0.39, 0.29) is 91.3 Å². The number of primary amides is 5. The summed E-state index contributed by atoms with van der Waals surface area (Å²) in [7, 11) is -1.33. The van der Waals surface area contributed by atoms with Gasteiger partial charge in [-0.3, -0.25) is 19.0 Å². The average Bonchev–Trinajstić information content (AvgIpc) is 1.61. The molecule has 6 aliphatic heterocycles. The van der Waals surface area contributed by atoms with Crippen molar-refractivity contribution in [1.29, 1.82) is 0 Å². The first-order valence-electron chi connectivity index (χ1n) is 38.3. The van der Waals surface area contributed by atoms with Crippen molar-refractivity contribution in [2.45, 2.75) is 128 Å². The van der Waals surface area contributed by atoms with Gasteiger partial charge in [0.05, 0.1) is 72.7 Å². The maximum atomic E-state index is 15.7. The van der Waals surface area contributed by atoms with Gasteiger partial charge in [0, 0.05) is 84.5 Å². The van der Waals surface area contributed by atoms with Crippen LogP contribution in [0.4, 0.5) is 22.8 Å². The molecule has 12 heterocycles. The number of aliphatic hydroxyl groups is 1. The summed E-state index contributed by atoms with van der Waals surface area (Å²) in [5.74, 6) is -1.65. The fraction of sp³-hybridized carbons (Fsp3) is 0.303.